The Balaban J connectivity index is 1.24. The summed E-state index contributed by atoms with van der Waals surface area (Å²) in [6, 6.07) is 22.0. The molecule has 8 nitrogen and oxygen atoms in total. The van der Waals surface area contributed by atoms with Crippen LogP contribution in [0.2, 0.25) is 0 Å². The third kappa shape index (κ3) is 4.99. The maximum Gasteiger partial charge on any atom is 0.291 e. The zero-order valence-corrected chi connectivity index (χ0v) is 20.2. The number of nitrogens with zero attached hydrogens (tertiary/aromatic N) is 3. The van der Waals surface area contributed by atoms with E-state index in [-0.39, 0.29) is 24.0 Å². The van der Waals surface area contributed by atoms with Crippen LogP contribution in [0.15, 0.2) is 88.1 Å². The second-order valence-electron chi connectivity index (χ2n) is 7.91. The first-order chi connectivity index (χ1) is 17.0. The van der Waals surface area contributed by atoms with E-state index in [2.05, 4.69) is 36.6 Å². The van der Waals surface area contributed by atoms with Crippen LogP contribution in [-0.2, 0) is 11.2 Å². The Morgan fingerprint density at radius 3 is 2.46 bits per heavy atom. The monoisotopic (exact) mass is 529 g/mol. The molecule has 0 spiro atoms. The minimum absolute atomic E-state index is 0.170. The molecule has 35 heavy (non-hydrogen) atoms. The van der Waals surface area contributed by atoms with Gasteiger partial charge in [0.05, 0.1) is 29.7 Å². The van der Waals surface area contributed by atoms with Gasteiger partial charge in [-0.15, -0.1) is 0 Å². The molecule has 2 amide bonds. The zero-order valence-electron chi connectivity index (χ0n) is 18.7. The highest BCUT2D eigenvalue weighted by Crippen LogP contribution is 2.23. The van der Waals surface area contributed by atoms with Gasteiger partial charge in [0.25, 0.3) is 5.91 Å². The zero-order chi connectivity index (χ0) is 24.4. The Labute approximate surface area is 209 Å². The van der Waals surface area contributed by atoms with Gasteiger partial charge in [-0.25, -0.2) is 9.67 Å². The molecule has 3 heterocycles. The van der Waals surface area contributed by atoms with Crippen LogP contribution in [0.3, 0.4) is 0 Å². The van der Waals surface area contributed by atoms with Crippen LogP contribution >= 0.6 is 15.9 Å². The highest BCUT2D eigenvalue weighted by molar-refractivity contribution is 9.10. The lowest BCUT2D eigenvalue weighted by atomic mass is 10.1. The highest BCUT2D eigenvalue weighted by Gasteiger charge is 2.13. The first-order valence-electron chi connectivity index (χ1n) is 10.8. The number of aromatic nitrogens is 3. The number of nitrogens with one attached hydrogen (secondary N) is 2. The van der Waals surface area contributed by atoms with Crippen molar-refractivity contribution in [1.29, 1.82) is 0 Å². The molecule has 0 aliphatic rings. The van der Waals surface area contributed by atoms with Crippen LogP contribution in [0.1, 0.15) is 21.8 Å². The number of rotatable bonds is 6. The van der Waals surface area contributed by atoms with Gasteiger partial charge in [-0.3, -0.25) is 9.59 Å². The molecule has 0 atom stereocenters. The first-order valence-corrected chi connectivity index (χ1v) is 11.6. The summed E-state index contributed by atoms with van der Waals surface area (Å²) in [4.78, 5) is 29.4. The third-order valence-corrected chi connectivity index (χ3v) is 5.79. The van der Waals surface area contributed by atoms with Crippen molar-refractivity contribution in [3.63, 3.8) is 0 Å². The van der Waals surface area contributed by atoms with Gasteiger partial charge in [-0.05, 0) is 70.9 Å². The third-order valence-electron chi connectivity index (χ3n) is 5.37. The van der Waals surface area contributed by atoms with Gasteiger partial charge in [-0.1, -0.05) is 30.3 Å². The van der Waals surface area contributed by atoms with Crippen molar-refractivity contribution < 1.29 is 14.0 Å². The number of carbonyl (C=O) groups is 2. The van der Waals surface area contributed by atoms with Gasteiger partial charge >= 0.3 is 0 Å². The molecule has 174 valence electrons. The molecule has 0 bridgehead atoms. The minimum Gasteiger partial charge on any atom is -0.444 e. The minimum atomic E-state index is -0.352. The molecule has 0 saturated heterocycles. The van der Waals surface area contributed by atoms with Crippen molar-refractivity contribution >= 4 is 50.2 Å². The van der Waals surface area contributed by atoms with Crippen LogP contribution < -0.4 is 10.6 Å². The van der Waals surface area contributed by atoms with Crippen molar-refractivity contribution in [2.75, 3.05) is 10.6 Å². The number of furan rings is 1. The smallest absolute Gasteiger partial charge is 0.291 e. The molecule has 0 fully saturated rings. The number of fused-ring (bicyclic) bond motifs is 1. The lowest BCUT2D eigenvalue weighted by Gasteiger charge is -2.07. The fourth-order valence-corrected chi connectivity index (χ4v) is 3.99. The summed E-state index contributed by atoms with van der Waals surface area (Å²) in [6.45, 7) is 1.92. The Hall–Kier alpha value is -4.24. The van der Waals surface area contributed by atoms with E-state index in [1.807, 2.05) is 43.3 Å². The molecule has 0 unspecified atom stereocenters. The standard InChI is InChI=1S/C26H20BrN5O3/c1-16-21-14-19(15-28-25(21)32(31-16)20-5-3-2-4-6-20)29-24(33)13-17-7-9-18(10-8-17)30-26(34)22-11-12-23(27)35-22/h2-12,14-15H,13H2,1H3,(H,29,33)(H,30,34). The van der Waals surface area contributed by atoms with Crippen molar-refractivity contribution in [3.8, 4) is 5.69 Å². The molecule has 3 aromatic heterocycles. The number of anilines is 2. The summed E-state index contributed by atoms with van der Waals surface area (Å²) < 4.78 is 7.53. The maximum absolute atomic E-state index is 12.6. The molecule has 5 rings (SSSR count). The van der Waals surface area contributed by atoms with E-state index in [1.165, 1.54) is 0 Å². The van der Waals surface area contributed by atoms with Gasteiger partial charge < -0.3 is 15.1 Å². The Bertz CT molecular complexity index is 1520. The average Bonchev–Trinajstić information content (AvgIpc) is 3.44. The fourth-order valence-electron chi connectivity index (χ4n) is 3.69. The normalized spacial score (nSPS) is 10.9. The Morgan fingerprint density at radius 1 is 0.971 bits per heavy atom. The number of hydrogen-bond donors (Lipinski definition) is 2. The number of para-hydroxylation sites is 1. The van der Waals surface area contributed by atoms with Crippen LogP contribution in [0.4, 0.5) is 11.4 Å². The fraction of sp³-hybridized carbons (Fsp3) is 0.0769. The number of halogens is 1. The van der Waals surface area contributed by atoms with Crippen molar-refractivity contribution in [3.05, 3.63) is 101 Å². The van der Waals surface area contributed by atoms with Gasteiger partial charge in [0.15, 0.2) is 16.1 Å². The van der Waals surface area contributed by atoms with Crippen LogP contribution in [0, 0.1) is 6.92 Å². The number of aryl methyl sites for hydroxylation is 1. The van der Waals surface area contributed by atoms with Crippen LogP contribution in [-0.4, -0.2) is 26.6 Å². The summed E-state index contributed by atoms with van der Waals surface area (Å²) in [5.74, 6) is -0.318. The molecule has 2 N–H and O–H groups in total. The topological polar surface area (TPSA) is 102 Å². The number of hydrogen-bond acceptors (Lipinski definition) is 5. The first kappa shape index (κ1) is 22.5. The predicted octanol–water partition coefficient (Wildman–Crippen LogP) is 5.52. The molecule has 0 radical (unpaired) electrons. The van der Waals surface area contributed by atoms with Gasteiger partial charge in [0, 0.05) is 11.1 Å². The van der Waals surface area contributed by atoms with E-state index in [0.717, 1.165) is 28.0 Å². The van der Waals surface area contributed by atoms with E-state index < -0.39 is 0 Å². The second-order valence-corrected chi connectivity index (χ2v) is 8.69. The number of amides is 2. The summed E-state index contributed by atoms with van der Waals surface area (Å²) in [5, 5.41) is 11.1. The van der Waals surface area contributed by atoms with E-state index in [1.54, 1.807) is 47.3 Å². The highest BCUT2D eigenvalue weighted by atomic mass is 79.9. The molecule has 9 heteroatoms. The van der Waals surface area contributed by atoms with E-state index in [9.17, 15) is 9.59 Å². The quantitative estimate of drug-likeness (QED) is 0.301. The molecule has 5 aromatic rings. The van der Waals surface area contributed by atoms with E-state index in [0.29, 0.717) is 16.0 Å². The molecule has 0 aliphatic carbocycles. The molecule has 0 aliphatic heterocycles. The van der Waals surface area contributed by atoms with Crippen molar-refractivity contribution in [1.82, 2.24) is 14.8 Å². The summed E-state index contributed by atoms with van der Waals surface area (Å²) in [7, 11) is 0. The van der Waals surface area contributed by atoms with E-state index in [4.69, 9.17) is 4.42 Å². The molecule has 2 aromatic carbocycles. The Morgan fingerprint density at radius 2 is 1.74 bits per heavy atom. The lowest BCUT2D eigenvalue weighted by Crippen LogP contribution is -2.15. The molecular formula is C26H20BrN5O3. The largest absolute Gasteiger partial charge is 0.444 e. The predicted molar refractivity (Wildman–Crippen MR) is 137 cm³/mol. The summed E-state index contributed by atoms with van der Waals surface area (Å²) in [5.41, 5.74) is 4.49. The number of carbonyl (C=O) groups excluding carboxylic acids is 2. The van der Waals surface area contributed by atoms with Crippen molar-refractivity contribution in [2.45, 2.75) is 13.3 Å². The van der Waals surface area contributed by atoms with Gasteiger partial charge in [-0.2, -0.15) is 5.10 Å². The van der Waals surface area contributed by atoms with Gasteiger partial charge in [0.2, 0.25) is 5.91 Å². The lowest BCUT2D eigenvalue weighted by molar-refractivity contribution is -0.115. The van der Waals surface area contributed by atoms with E-state index >= 15 is 0 Å². The number of pyridine rings is 1. The molecular weight excluding hydrogens is 510 g/mol. The average molecular weight is 530 g/mol. The second kappa shape index (κ2) is 9.55. The SMILES string of the molecule is Cc1nn(-c2ccccc2)c2ncc(NC(=O)Cc3ccc(NC(=O)c4ccc(Br)o4)cc3)cc12. The maximum atomic E-state index is 12.6. The van der Waals surface area contributed by atoms with Gasteiger partial charge in [0.1, 0.15) is 0 Å². The van der Waals surface area contributed by atoms with Crippen molar-refractivity contribution in [2.24, 2.45) is 0 Å². The summed E-state index contributed by atoms with van der Waals surface area (Å²) in [6.07, 6.45) is 1.81. The van der Waals surface area contributed by atoms with Crippen LogP contribution in [0.5, 0.6) is 0 Å². The van der Waals surface area contributed by atoms with Crippen LogP contribution in [0.25, 0.3) is 16.7 Å². The molecule has 0 saturated carbocycles. The Kier molecular flexibility index (Phi) is 6.15. The number of benzene rings is 2. The summed E-state index contributed by atoms with van der Waals surface area (Å²) >= 11 is 3.18.